The molecule has 29 heavy (non-hydrogen) atoms. The molecule has 0 radical (unpaired) electrons. The Morgan fingerprint density at radius 2 is 1.69 bits per heavy atom. The average molecular weight is 411 g/mol. The van der Waals surface area contributed by atoms with Gasteiger partial charge in [-0.05, 0) is 58.3 Å². The summed E-state index contributed by atoms with van der Waals surface area (Å²) in [5.41, 5.74) is 2.45. The largest absolute Gasteiger partial charge is 0.493 e. The van der Waals surface area contributed by atoms with Crippen LogP contribution in [0.4, 0.5) is 5.69 Å². The molecule has 8 heteroatoms. The minimum absolute atomic E-state index is 0.348. The lowest BCUT2D eigenvalue weighted by Gasteiger charge is -2.13. The van der Waals surface area contributed by atoms with Gasteiger partial charge >= 0.3 is 0 Å². The molecule has 0 spiro atoms. The Morgan fingerprint density at radius 3 is 2.31 bits per heavy atom. The van der Waals surface area contributed by atoms with Crippen molar-refractivity contribution in [2.24, 2.45) is 5.14 Å². The number of methoxy groups -OCH3 is 2. The molecule has 0 amide bonds. The number of ether oxygens (including phenoxy) is 2. The lowest BCUT2D eigenvalue weighted by molar-refractivity contribution is 0.356. The Balaban J connectivity index is 1.87. The highest BCUT2D eigenvalue weighted by Crippen LogP contribution is 2.32. The summed E-state index contributed by atoms with van der Waals surface area (Å²) >= 11 is 0. The van der Waals surface area contributed by atoms with Gasteiger partial charge in [-0.1, -0.05) is 12.1 Å². The van der Waals surface area contributed by atoms with Crippen molar-refractivity contribution in [1.82, 2.24) is 0 Å². The fraction of sp³-hybridized carbons (Fsp3) is 0.190. The summed E-state index contributed by atoms with van der Waals surface area (Å²) in [6, 6.07) is 16.7. The summed E-state index contributed by atoms with van der Waals surface area (Å²) in [5.74, 6) is 0.961. The van der Waals surface area contributed by atoms with Crippen LogP contribution in [0.25, 0.3) is 10.8 Å². The van der Waals surface area contributed by atoms with Gasteiger partial charge in [0.25, 0.3) is 0 Å². The zero-order chi connectivity index (χ0) is 21.0. The van der Waals surface area contributed by atoms with Crippen molar-refractivity contribution in [3.63, 3.8) is 0 Å². The molecule has 3 aromatic rings. The van der Waals surface area contributed by atoms with Crippen LogP contribution in [0.5, 0.6) is 11.5 Å². The van der Waals surface area contributed by atoms with Gasteiger partial charge in [0, 0.05) is 12.2 Å². The Morgan fingerprint density at radius 1 is 1.00 bits per heavy atom. The van der Waals surface area contributed by atoms with Crippen molar-refractivity contribution in [3.8, 4) is 17.6 Å². The molecular formula is C21H21N3O4S. The van der Waals surface area contributed by atoms with E-state index in [9.17, 15) is 8.42 Å². The average Bonchev–Trinajstić information content (AvgIpc) is 2.70. The maximum atomic E-state index is 11.5. The second-order valence-electron chi connectivity index (χ2n) is 6.53. The van der Waals surface area contributed by atoms with Gasteiger partial charge in [0.2, 0.25) is 10.0 Å². The number of fused-ring (bicyclic) bond motifs is 1. The molecule has 7 nitrogen and oxygen atoms in total. The van der Waals surface area contributed by atoms with E-state index in [1.807, 2.05) is 36.4 Å². The lowest BCUT2D eigenvalue weighted by Crippen LogP contribution is -2.16. The molecular weight excluding hydrogens is 390 g/mol. The molecule has 3 N–H and O–H groups in total. The zero-order valence-corrected chi connectivity index (χ0v) is 16.9. The standard InChI is InChI=1S/C21H21N3O4S/c1-27-20-9-16-5-3-15(8-17(16)10-21(20)28-2)12-24-19-6-4-14(11-22)7-18(19)13-29(23,25)26/h3-10,24H,12-13H2,1-2H3,(H2,23,25,26). The predicted molar refractivity (Wildman–Crippen MR) is 112 cm³/mol. The number of hydrogen-bond donors (Lipinski definition) is 2. The summed E-state index contributed by atoms with van der Waals surface area (Å²) in [7, 11) is -0.540. The maximum Gasteiger partial charge on any atom is 0.213 e. The second kappa shape index (κ2) is 8.39. The van der Waals surface area contributed by atoms with Gasteiger partial charge in [-0.3, -0.25) is 0 Å². The number of hydrogen-bond acceptors (Lipinski definition) is 6. The number of nitrogens with zero attached hydrogens (tertiary/aromatic N) is 1. The number of sulfonamides is 1. The molecule has 0 heterocycles. The van der Waals surface area contributed by atoms with E-state index >= 15 is 0 Å². The minimum Gasteiger partial charge on any atom is -0.493 e. The molecule has 3 rings (SSSR count). The van der Waals surface area contributed by atoms with E-state index in [1.54, 1.807) is 26.4 Å². The van der Waals surface area contributed by atoms with Gasteiger partial charge in [-0.25, -0.2) is 13.6 Å². The molecule has 0 aliphatic rings. The number of anilines is 1. The molecule has 150 valence electrons. The Kier molecular flexibility index (Phi) is 5.92. The van der Waals surface area contributed by atoms with E-state index in [2.05, 4.69) is 5.32 Å². The van der Waals surface area contributed by atoms with Gasteiger partial charge in [0.05, 0.1) is 31.6 Å². The van der Waals surface area contributed by atoms with Crippen LogP contribution in [0, 0.1) is 11.3 Å². The highest BCUT2D eigenvalue weighted by molar-refractivity contribution is 7.88. The third kappa shape index (κ3) is 4.96. The number of rotatable bonds is 7. The van der Waals surface area contributed by atoms with Gasteiger partial charge in [0.1, 0.15) is 0 Å². The van der Waals surface area contributed by atoms with Crippen LogP contribution in [0.2, 0.25) is 0 Å². The minimum atomic E-state index is -3.73. The summed E-state index contributed by atoms with van der Waals surface area (Å²) in [4.78, 5) is 0. The molecule has 0 bridgehead atoms. The summed E-state index contributed by atoms with van der Waals surface area (Å²) < 4.78 is 33.8. The predicted octanol–water partition coefficient (Wildman–Crippen LogP) is 3.13. The number of benzene rings is 3. The molecule has 0 aliphatic heterocycles. The third-order valence-corrected chi connectivity index (χ3v) is 5.19. The number of nitriles is 1. The monoisotopic (exact) mass is 411 g/mol. The zero-order valence-electron chi connectivity index (χ0n) is 16.1. The van der Waals surface area contributed by atoms with Crippen LogP contribution in [-0.4, -0.2) is 22.6 Å². The van der Waals surface area contributed by atoms with Crippen molar-refractivity contribution in [3.05, 3.63) is 65.2 Å². The van der Waals surface area contributed by atoms with E-state index in [4.69, 9.17) is 19.9 Å². The van der Waals surface area contributed by atoms with Crippen LogP contribution in [0.1, 0.15) is 16.7 Å². The van der Waals surface area contributed by atoms with Gasteiger partial charge < -0.3 is 14.8 Å². The van der Waals surface area contributed by atoms with Crippen LogP contribution in [-0.2, 0) is 22.3 Å². The van der Waals surface area contributed by atoms with Crippen LogP contribution < -0.4 is 19.9 Å². The van der Waals surface area contributed by atoms with Gasteiger partial charge in [0.15, 0.2) is 11.5 Å². The normalized spacial score (nSPS) is 11.1. The smallest absolute Gasteiger partial charge is 0.213 e. The second-order valence-corrected chi connectivity index (χ2v) is 8.15. The number of nitrogens with one attached hydrogen (secondary N) is 1. The highest BCUT2D eigenvalue weighted by atomic mass is 32.2. The van der Waals surface area contributed by atoms with Crippen molar-refractivity contribution < 1.29 is 17.9 Å². The van der Waals surface area contributed by atoms with E-state index < -0.39 is 10.0 Å². The topological polar surface area (TPSA) is 114 Å². The van der Waals surface area contributed by atoms with Gasteiger partial charge in [-0.2, -0.15) is 5.26 Å². The Bertz CT molecular complexity index is 1200. The first-order valence-electron chi connectivity index (χ1n) is 8.75. The maximum absolute atomic E-state index is 11.5. The SMILES string of the molecule is COc1cc2ccc(CNc3ccc(C#N)cc3CS(N)(=O)=O)cc2cc1OC. The first kappa shape index (κ1) is 20.5. The molecule has 0 aliphatic carbocycles. The van der Waals surface area contributed by atoms with E-state index in [0.29, 0.717) is 34.9 Å². The molecule has 0 aromatic heterocycles. The third-order valence-electron chi connectivity index (χ3n) is 4.48. The first-order chi connectivity index (χ1) is 13.8. The van der Waals surface area contributed by atoms with Crippen molar-refractivity contribution >= 4 is 26.5 Å². The summed E-state index contributed by atoms with van der Waals surface area (Å²) in [5, 5.41) is 19.5. The lowest BCUT2D eigenvalue weighted by atomic mass is 10.1. The summed E-state index contributed by atoms with van der Waals surface area (Å²) in [6.07, 6.45) is 0. The number of nitrogens with two attached hydrogens (primary N) is 1. The van der Waals surface area contributed by atoms with Crippen LogP contribution in [0.3, 0.4) is 0 Å². The molecule has 0 saturated heterocycles. The quantitative estimate of drug-likeness (QED) is 0.617. The summed E-state index contributed by atoms with van der Waals surface area (Å²) in [6.45, 7) is 0.466. The molecule has 0 fully saturated rings. The molecule has 0 unspecified atom stereocenters. The van der Waals surface area contributed by atoms with Gasteiger partial charge in [-0.15, -0.1) is 0 Å². The fourth-order valence-electron chi connectivity index (χ4n) is 3.10. The highest BCUT2D eigenvalue weighted by Gasteiger charge is 2.12. The van der Waals surface area contributed by atoms with E-state index in [-0.39, 0.29) is 5.75 Å². The van der Waals surface area contributed by atoms with Crippen LogP contribution >= 0.6 is 0 Å². The first-order valence-corrected chi connectivity index (χ1v) is 10.5. The Labute approximate surface area is 169 Å². The molecule has 0 saturated carbocycles. The molecule has 0 atom stereocenters. The van der Waals surface area contributed by atoms with E-state index in [1.165, 1.54) is 6.07 Å². The van der Waals surface area contributed by atoms with Crippen LogP contribution in [0.15, 0.2) is 48.5 Å². The van der Waals surface area contributed by atoms with Crippen molar-refractivity contribution in [1.29, 1.82) is 5.26 Å². The van der Waals surface area contributed by atoms with E-state index in [0.717, 1.165) is 16.3 Å². The fourth-order valence-corrected chi connectivity index (χ4v) is 3.78. The van der Waals surface area contributed by atoms with Crippen molar-refractivity contribution in [2.75, 3.05) is 19.5 Å². The molecule has 3 aromatic carbocycles. The van der Waals surface area contributed by atoms with Crippen molar-refractivity contribution in [2.45, 2.75) is 12.3 Å². The Hall–Kier alpha value is -3.28. The number of primary sulfonamides is 1.